The van der Waals surface area contributed by atoms with Gasteiger partial charge < -0.3 is 10.2 Å². The van der Waals surface area contributed by atoms with Crippen LogP contribution in [0, 0.1) is 0 Å². The summed E-state index contributed by atoms with van der Waals surface area (Å²) >= 11 is 0. The van der Waals surface area contributed by atoms with E-state index in [9.17, 15) is 8.42 Å². The quantitative estimate of drug-likeness (QED) is 0.234. The van der Waals surface area contributed by atoms with Gasteiger partial charge in [0, 0.05) is 0 Å². The van der Waals surface area contributed by atoms with Gasteiger partial charge in [0.15, 0.2) is 0 Å². The van der Waals surface area contributed by atoms with Crippen LogP contribution in [0.1, 0.15) is 0 Å². The van der Waals surface area contributed by atoms with E-state index in [0.717, 1.165) is 0 Å². The third kappa shape index (κ3) is 41.2. The molecule has 0 aliphatic rings. The van der Waals surface area contributed by atoms with Crippen LogP contribution in [0.4, 0.5) is 0 Å². The van der Waals surface area contributed by atoms with Crippen LogP contribution in [0.2, 0.25) is 0 Å². The van der Waals surface area contributed by atoms with Gasteiger partial charge in [-0.15, -0.1) is 0 Å². The second kappa shape index (κ2) is 10.8. The van der Waals surface area contributed by atoms with Gasteiger partial charge in [0.25, 0.3) is 10.1 Å². The van der Waals surface area contributed by atoms with Crippen molar-refractivity contribution in [2.45, 2.75) is 0 Å². The molecule has 0 amide bonds. The molecule has 9 heteroatoms. The summed E-state index contributed by atoms with van der Waals surface area (Å²) in [7, 11) is -3.67. The predicted molar refractivity (Wildman–Crippen MR) is 46.7 cm³/mol. The molecule has 0 rings (SSSR count). The molecule has 14 heavy (non-hydrogen) atoms. The third-order valence-electron chi connectivity index (χ3n) is 0.505. The third-order valence-corrected chi connectivity index (χ3v) is 0.505. The van der Waals surface area contributed by atoms with Crippen molar-refractivity contribution in [3.63, 3.8) is 0 Å². The molecule has 0 saturated carbocycles. The minimum absolute atomic E-state index is 0.0600. The molecule has 0 radical (unpaired) electrons. The molecule has 0 atom stereocenters. The van der Waals surface area contributed by atoms with Crippen LogP contribution in [0.25, 0.3) is 0 Å². The Morgan fingerprint density at radius 2 is 1.43 bits per heavy atom. The molecular weight excluding hydrogens is 218 g/mol. The molecule has 0 saturated heterocycles. The summed E-state index contributed by atoms with van der Waals surface area (Å²) in [6.45, 7) is 0.224. The van der Waals surface area contributed by atoms with Gasteiger partial charge in [0.05, 0.1) is 32.7 Å². The van der Waals surface area contributed by atoms with Crippen molar-refractivity contribution < 1.29 is 32.9 Å². The molecule has 0 unspecified atom stereocenters. The zero-order valence-electron chi connectivity index (χ0n) is 7.71. The highest BCUT2D eigenvalue weighted by molar-refractivity contribution is 7.85. The molecule has 0 bridgehead atoms. The molecule has 0 aromatic rings. The van der Waals surface area contributed by atoms with Gasteiger partial charge >= 0.3 is 0 Å². The minimum atomic E-state index is -3.67. The summed E-state index contributed by atoms with van der Waals surface area (Å²) in [5.41, 5.74) is 2.07. The molecule has 0 aromatic heterocycles. The van der Waals surface area contributed by atoms with E-state index in [0.29, 0.717) is 6.26 Å². The van der Waals surface area contributed by atoms with Crippen molar-refractivity contribution in [3.05, 3.63) is 0 Å². The van der Waals surface area contributed by atoms with Crippen molar-refractivity contribution in [2.24, 2.45) is 0 Å². The first-order valence-electron chi connectivity index (χ1n) is 3.54. The van der Waals surface area contributed by atoms with E-state index >= 15 is 0 Å². The summed E-state index contributed by atoms with van der Waals surface area (Å²) in [4.78, 5) is 8.90. The summed E-state index contributed by atoms with van der Waals surface area (Å²) < 4.78 is 25.9. The lowest BCUT2D eigenvalue weighted by atomic mass is 10.8. The number of aliphatic hydroxyl groups excluding tert-OH is 2. The standard InChI is InChI=1S/C4H11NO4.CH4O3S/c6-1-3-8-5-9-4-2-7;1-5(2,3)4/h5-7H,1-4H2;1H3,(H,2,3,4). The molecule has 0 aliphatic carbocycles. The van der Waals surface area contributed by atoms with Gasteiger partial charge in [-0.25, -0.2) is 0 Å². The molecule has 8 nitrogen and oxygen atoms in total. The van der Waals surface area contributed by atoms with Gasteiger partial charge in [-0.05, 0) is 0 Å². The second-order valence-corrected chi connectivity index (χ2v) is 3.43. The van der Waals surface area contributed by atoms with E-state index in [1.807, 2.05) is 0 Å². The Kier molecular flexibility index (Phi) is 12.4. The van der Waals surface area contributed by atoms with Crippen molar-refractivity contribution in [3.8, 4) is 0 Å². The van der Waals surface area contributed by atoms with Crippen molar-refractivity contribution >= 4 is 10.1 Å². The lowest BCUT2D eigenvalue weighted by Gasteiger charge is -2.01. The van der Waals surface area contributed by atoms with Crippen LogP contribution in [0.15, 0.2) is 0 Å². The number of aliphatic hydroxyl groups is 2. The van der Waals surface area contributed by atoms with Gasteiger partial charge in [-0.3, -0.25) is 14.2 Å². The smallest absolute Gasteiger partial charge is 0.261 e. The molecule has 0 spiro atoms. The lowest BCUT2D eigenvalue weighted by Crippen LogP contribution is -2.19. The van der Waals surface area contributed by atoms with E-state index in [1.165, 1.54) is 0 Å². The second-order valence-electron chi connectivity index (χ2n) is 1.96. The zero-order chi connectivity index (χ0) is 11.4. The fourth-order valence-corrected chi connectivity index (χ4v) is 0.216. The molecule has 0 heterocycles. The molecule has 88 valence electrons. The average molecular weight is 233 g/mol. The summed E-state index contributed by atoms with van der Waals surface area (Å²) in [6, 6.07) is 0. The largest absolute Gasteiger partial charge is 0.394 e. The topological polar surface area (TPSA) is 125 Å². The fraction of sp³-hybridized carbons (Fsp3) is 1.00. The van der Waals surface area contributed by atoms with E-state index < -0.39 is 10.1 Å². The Morgan fingerprint density at radius 3 is 1.64 bits per heavy atom. The maximum atomic E-state index is 9.19. The summed E-state index contributed by atoms with van der Waals surface area (Å²) in [6.07, 6.45) is 0.715. The van der Waals surface area contributed by atoms with Gasteiger partial charge in [-0.1, -0.05) is 5.64 Å². The van der Waals surface area contributed by atoms with Crippen LogP contribution < -0.4 is 5.64 Å². The molecule has 4 N–H and O–H groups in total. The average Bonchev–Trinajstić information content (AvgIpc) is 2.01. The van der Waals surface area contributed by atoms with Gasteiger partial charge in [0.2, 0.25) is 0 Å². The Hall–Kier alpha value is -0.290. The van der Waals surface area contributed by atoms with Crippen molar-refractivity contribution in [1.29, 1.82) is 0 Å². The van der Waals surface area contributed by atoms with Crippen LogP contribution in [-0.4, -0.2) is 55.9 Å². The maximum Gasteiger partial charge on any atom is 0.261 e. The van der Waals surface area contributed by atoms with Crippen LogP contribution in [0.3, 0.4) is 0 Å². The Bertz CT molecular complexity index is 178. The predicted octanol–water partition coefficient (Wildman–Crippen LogP) is -2.07. The van der Waals surface area contributed by atoms with E-state index in [-0.39, 0.29) is 26.4 Å². The van der Waals surface area contributed by atoms with Crippen molar-refractivity contribution in [1.82, 2.24) is 5.64 Å². The molecule has 0 aliphatic heterocycles. The van der Waals surface area contributed by atoms with Crippen molar-refractivity contribution in [2.75, 3.05) is 32.7 Å². The molecule has 0 aromatic carbocycles. The van der Waals surface area contributed by atoms with Crippen LogP contribution in [-0.2, 0) is 19.8 Å². The first-order chi connectivity index (χ1) is 6.41. The Labute approximate surface area is 82.1 Å². The van der Waals surface area contributed by atoms with Gasteiger partial charge in [-0.2, -0.15) is 8.42 Å². The summed E-state index contributed by atoms with van der Waals surface area (Å²) in [5.74, 6) is 0. The van der Waals surface area contributed by atoms with Crippen LogP contribution >= 0.6 is 0 Å². The fourth-order valence-electron chi connectivity index (χ4n) is 0.216. The Balaban J connectivity index is 0. The minimum Gasteiger partial charge on any atom is -0.394 e. The number of rotatable bonds is 6. The number of hydrogen-bond acceptors (Lipinski definition) is 7. The zero-order valence-corrected chi connectivity index (χ0v) is 8.53. The number of nitrogens with one attached hydrogen (secondary N) is 1. The normalized spacial score (nSPS) is 10.6. The highest BCUT2D eigenvalue weighted by atomic mass is 32.2. The SMILES string of the molecule is CS(=O)(=O)O.OCCONOCCO. The Morgan fingerprint density at radius 1 is 1.14 bits per heavy atom. The monoisotopic (exact) mass is 233 g/mol. The molecule has 0 fully saturated rings. The lowest BCUT2D eigenvalue weighted by molar-refractivity contribution is -0.178. The van der Waals surface area contributed by atoms with E-state index in [2.05, 4.69) is 15.3 Å². The number of hydrogen-bond donors (Lipinski definition) is 4. The highest BCUT2D eigenvalue weighted by Crippen LogP contribution is 1.67. The van der Waals surface area contributed by atoms with Gasteiger partial charge in [0.1, 0.15) is 0 Å². The van der Waals surface area contributed by atoms with E-state index in [1.54, 1.807) is 0 Å². The van der Waals surface area contributed by atoms with E-state index in [4.69, 9.17) is 14.8 Å². The maximum absolute atomic E-state index is 9.19. The van der Waals surface area contributed by atoms with Crippen LogP contribution in [0.5, 0.6) is 0 Å². The first-order valence-corrected chi connectivity index (χ1v) is 5.39. The highest BCUT2D eigenvalue weighted by Gasteiger charge is 1.83. The summed E-state index contributed by atoms with van der Waals surface area (Å²) in [5, 5.41) is 16.3. The molecular formula is C5H15NO7S. The first kappa shape index (κ1) is 16.2.